The maximum atomic E-state index is 11.2. The van der Waals surface area contributed by atoms with E-state index in [-0.39, 0.29) is 17.0 Å². The van der Waals surface area contributed by atoms with Crippen LogP contribution >= 0.6 is 0 Å². The molecule has 0 saturated heterocycles. The standard InChI is InChI=1S/C11H18O2/c1-4-11(2,3)8-5-6-9(12)10(13)7-8/h8H,4-7H2,1-3H3. The van der Waals surface area contributed by atoms with Crippen molar-refractivity contribution in [1.29, 1.82) is 0 Å². The zero-order valence-electron chi connectivity index (χ0n) is 8.72. The zero-order valence-corrected chi connectivity index (χ0v) is 8.72. The van der Waals surface area contributed by atoms with E-state index in [1.165, 1.54) is 0 Å². The minimum atomic E-state index is -0.164. The summed E-state index contributed by atoms with van der Waals surface area (Å²) < 4.78 is 0. The molecule has 0 bridgehead atoms. The third-order valence-electron chi connectivity index (χ3n) is 3.48. The fourth-order valence-corrected chi connectivity index (χ4v) is 1.84. The van der Waals surface area contributed by atoms with Crippen molar-refractivity contribution in [2.45, 2.75) is 46.5 Å². The Bertz CT molecular complexity index is 228. The van der Waals surface area contributed by atoms with Crippen molar-refractivity contribution in [2.24, 2.45) is 11.3 Å². The Labute approximate surface area is 79.7 Å². The smallest absolute Gasteiger partial charge is 0.198 e. The highest BCUT2D eigenvalue weighted by molar-refractivity contribution is 6.37. The highest BCUT2D eigenvalue weighted by atomic mass is 16.2. The third kappa shape index (κ3) is 2.17. The van der Waals surface area contributed by atoms with Gasteiger partial charge in [0.1, 0.15) is 0 Å². The van der Waals surface area contributed by atoms with Gasteiger partial charge in [-0.1, -0.05) is 27.2 Å². The fraction of sp³-hybridized carbons (Fsp3) is 0.818. The summed E-state index contributed by atoms with van der Waals surface area (Å²) in [6.45, 7) is 6.50. The molecule has 0 aromatic carbocycles. The number of carbonyl (C=O) groups is 2. The normalized spacial score (nSPS) is 25.0. The second kappa shape index (κ2) is 3.60. The van der Waals surface area contributed by atoms with E-state index in [2.05, 4.69) is 20.8 Å². The molecule has 0 radical (unpaired) electrons. The molecule has 2 nitrogen and oxygen atoms in total. The Kier molecular flexibility index (Phi) is 2.89. The van der Waals surface area contributed by atoms with Gasteiger partial charge in [-0.25, -0.2) is 0 Å². The molecular weight excluding hydrogens is 164 g/mol. The van der Waals surface area contributed by atoms with Gasteiger partial charge in [0, 0.05) is 12.8 Å². The summed E-state index contributed by atoms with van der Waals surface area (Å²) in [6.07, 6.45) is 2.90. The monoisotopic (exact) mass is 182 g/mol. The summed E-state index contributed by atoms with van der Waals surface area (Å²) >= 11 is 0. The average Bonchev–Trinajstić information content (AvgIpc) is 2.09. The van der Waals surface area contributed by atoms with Crippen molar-refractivity contribution in [1.82, 2.24) is 0 Å². The second-order valence-corrected chi connectivity index (χ2v) is 4.63. The van der Waals surface area contributed by atoms with Crippen LogP contribution in [0.5, 0.6) is 0 Å². The number of hydrogen-bond acceptors (Lipinski definition) is 2. The molecule has 0 heterocycles. The van der Waals surface area contributed by atoms with Crippen molar-refractivity contribution in [3.05, 3.63) is 0 Å². The largest absolute Gasteiger partial charge is 0.291 e. The van der Waals surface area contributed by atoms with Crippen LogP contribution in [-0.2, 0) is 9.59 Å². The van der Waals surface area contributed by atoms with E-state index in [0.717, 1.165) is 12.8 Å². The molecule has 1 aliphatic carbocycles. The van der Waals surface area contributed by atoms with Crippen LogP contribution < -0.4 is 0 Å². The lowest BCUT2D eigenvalue weighted by atomic mass is 9.69. The Morgan fingerprint density at radius 3 is 2.38 bits per heavy atom. The molecule has 13 heavy (non-hydrogen) atoms. The van der Waals surface area contributed by atoms with Crippen LogP contribution in [0.15, 0.2) is 0 Å². The first-order valence-electron chi connectivity index (χ1n) is 5.03. The number of hydrogen-bond donors (Lipinski definition) is 0. The number of carbonyl (C=O) groups excluding carboxylic acids is 2. The van der Waals surface area contributed by atoms with Crippen LogP contribution in [0.1, 0.15) is 46.5 Å². The van der Waals surface area contributed by atoms with E-state index >= 15 is 0 Å². The maximum Gasteiger partial charge on any atom is 0.198 e. The highest BCUT2D eigenvalue weighted by Gasteiger charge is 2.35. The van der Waals surface area contributed by atoms with Crippen LogP contribution in [0.3, 0.4) is 0 Å². The van der Waals surface area contributed by atoms with Gasteiger partial charge in [-0.05, 0) is 17.8 Å². The molecule has 1 unspecified atom stereocenters. The molecule has 0 aromatic rings. The van der Waals surface area contributed by atoms with Crippen LogP contribution in [0, 0.1) is 11.3 Å². The summed E-state index contributed by atoms with van der Waals surface area (Å²) in [5.74, 6) is 0.0867. The first-order chi connectivity index (χ1) is 5.97. The predicted octanol–water partition coefficient (Wildman–Crippen LogP) is 2.36. The van der Waals surface area contributed by atoms with E-state index < -0.39 is 0 Å². The molecule has 0 aromatic heterocycles. The molecule has 1 atom stereocenters. The molecule has 0 aliphatic heterocycles. The van der Waals surface area contributed by atoms with Gasteiger partial charge < -0.3 is 0 Å². The quantitative estimate of drug-likeness (QED) is 0.614. The summed E-state index contributed by atoms with van der Waals surface area (Å²) in [6, 6.07) is 0. The van der Waals surface area contributed by atoms with Gasteiger partial charge >= 0.3 is 0 Å². The number of Topliss-reactive ketones (excluding diaryl/α,β-unsaturated/α-hetero) is 2. The van der Waals surface area contributed by atoms with Gasteiger partial charge in [-0.2, -0.15) is 0 Å². The average molecular weight is 182 g/mol. The van der Waals surface area contributed by atoms with Crippen molar-refractivity contribution in [2.75, 3.05) is 0 Å². The second-order valence-electron chi connectivity index (χ2n) is 4.63. The van der Waals surface area contributed by atoms with Gasteiger partial charge in [-0.3, -0.25) is 9.59 Å². The van der Waals surface area contributed by atoms with Gasteiger partial charge in [0.25, 0.3) is 0 Å². The van der Waals surface area contributed by atoms with Crippen LogP contribution in [0.2, 0.25) is 0 Å². The van der Waals surface area contributed by atoms with E-state index in [4.69, 9.17) is 0 Å². The summed E-state index contributed by atoms with van der Waals surface area (Å²) in [7, 11) is 0. The third-order valence-corrected chi connectivity index (χ3v) is 3.48. The summed E-state index contributed by atoms with van der Waals surface area (Å²) in [4.78, 5) is 22.2. The van der Waals surface area contributed by atoms with Crippen molar-refractivity contribution in [3.63, 3.8) is 0 Å². The fourth-order valence-electron chi connectivity index (χ4n) is 1.84. The van der Waals surface area contributed by atoms with Gasteiger partial charge in [0.05, 0.1) is 0 Å². The Hall–Kier alpha value is -0.660. The lowest BCUT2D eigenvalue weighted by molar-refractivity contribution is -0.140. The molecule has 0 spiro atoms. The summed E-state index contributed by atoms with van der Waals surface area (Å²) in [5, 5.41) is 0. The predicted molar refractivity (Wildman–Crippen MR) is 51.4 cm³/mol. The lowest BCUT2D eigenvalue weighted by Gasteiger charge is -2.35. The van der Waals surface area contributed by atoms with Crippen LogP contribution in [-0.4, -0.2) is 11.6 Å². The molecule has 1 aliphatic rings. The topological polar surface area (TPSA) is 34.1 Å². The van der Waals surface area contributed by atoms with E-state index in [0.29, 0.717) is 18.8 Å². The molecular formula is C11H18O2. The van der Waals surface area contributed by atoms with Crippen molar-refractivity contribution < 1.29 is 9.59 Å². The van der Waals surface area contributed by atoms with E-state index in [1.807, 2.05) is 0 Å². The van der Waals surface area contributed by atoms with Crippen LogP contribution in [0.4, 0.5) is 0 Å². The van der Waals surface area contributed by atoms with E-state index in [9.17, 15) is 9.59 Å². The molecule has 0 amide bonds. The van der Waals surface area contributed by atoms with Crippen molar-refractivity contribution >= 4 is 11.6 Å². The van der Waals surface area contributed by atoms with Crippen LogP contribution in [0.25, 0.3) is 0 Å². The Balaban J connectivity index is 2.65. The molecule has 2 heteroatoms. The first kappa shape index (κ1) is 10.4. The number of ketones is 2. The van der Waals surface area contributed by atoms with Gasteiger partial charge in [0.2, 0.25) is 0 Å². The Morgan fingerprint density at radius 2 is 1.92 bits per heavy atom. The van der Waals surface area contributed by atoms with Crippen molar-refractivity contribution in [3.8, 4) is 0 Å². The molecule has 1 rings (SSSR count). The van der Waals surface area contributed by atoms with Gasteiger partial charge in [-0.15, -0.1) is 0 Å². The minimum absolute atomic E-state index is 0.155. The van der Waals surface area contributed by atoms with Gasteiger partial charge in [0.15, 0.2) is 11.6 Å². The molecule has 1 saturated carbocycles. The first-order valence-corrected chi connectivity index (χ1v) is 5.03. The minimum Gasteiger partial charge on any atom is -0.291 e. The lowest BCUT2D eigenvalue weighted by Crippen LogP contribution is -2.33. The van der Waals surface area contributed by atoms with E-state index in [1.54, 1.807) is 0 Å². The molecule has 1 fully saturated rings. The maximum absolute atomic E-state index is 11.2. The zero-order chi connectivity index (χ0) is 10.1. The Morgan fingerprint density at radius 1 is 1.31 bits per heavy atom. The molecule has 0 N–H and O–H groups in total. The highest BCUT2D eigenvalue weighted by Crippen LogP contribution is 2.38. The summed E-state index contributed by atoms with van der Waals surface area (Å²) in [5.41, 5.74) is 0.205. The molecule has 74 valence electrons. The number of rotatable bonds is 2. The SMILES string of the molecule is CCC(C)(C)C1CCC(=O)C(=O)C1.